The molecule has 5 heteroatoms. The van der Waals surface area contributed by atoms with Gasteiger partial charge < -0.3 is 15.0 Å². The Morgan fingerprint density at radius 3 is 2.54 bits per heavy atom. The van der Waals surface area contributed by atoms with Crippen molar-refractivity contribution in [1.29, 1.82) is 0 Å². The number of halogens is 1. The molecule has 0 aromatic heterocycles. The Bertz CT molecular complexity index is 398. The summed E-state index contributed by atoms with van der Waals surface area (Å²) in [5.74, 6) is 4.98. The van der Waals surface area contributed by atoms with Gasteiger partial charge in [0.1, 0.15) is 0 Å². The standard InChI is InChI=1S/C19H35N3O.HI/c1-20-19(22(2)10-6-15-7-11-23-12-8-15)21-9-5-18-14-16-3-4-17(18)13-16;/h15-18H,3-14H2,1-2H3,(H,20,21);1H. The van der Waals surface area contributed by atoms with E-state index in [9.17, 15) is 0 Å². The Morgan fingerprint density at radius 1 is 1.12 bits per heavy atom. The van der Waals surface area contributed by atoms with Crippen LogP contribution in [0.2, 0.25) is 0 Å². The van der Waals surface area contributed by atoms with Gasteiger partial charge in [0.15, 0.2) is 5.96 Å². The number of aliphatic imine (C=N–C) groups is 1. The Labute approximate surface area is 165 Å². The van der Waals surface area contributed by atoms with E-state index >= 15 is 0 Å². The SMILES string of the molecule is CN=C(NCCC1CC2CCC1C2)N(C)CCC1CCOCC1.I. The zero-order valence-electron chi connectivity index (χ0n) is 15.5. The highest BCUT2D eigenvalue weighted by molar-refractivity contribution is 14.0. The van der Waals surface area contributed by atoms with E-state index in [1.807, 2.05) is 7.05 Å². The van der Waals surface area contributed by atoms with Gasteiger partial charge in [-0.2, -0.15) is 0 Å². The summed E-state index contributed by atoms with van der Waals surface area (Å²) in [5.41, 5.74) is 0. The largest absolute Gasteiger partial charge is 0.381 e. The first-order valence-corrected chi connectivity index (χ1v) is 9.75. The minimum atomic E-state index is 0. The number of guanidine groups is 1. The van der Waals surface area contributed by atoms with Crippen LogP contribution in [0.4, 0.5) is 0 Å². The summed E-state index contributed by atoms with van der Waals surface area (Å²) in [7, 11) is 4.08. The van der Waals surface area contributed by atoms with Gasteiger partial charge in [0, 0.05) is 40.4 Å². The molecule has 1 heterocycles. The van der Waals surface area contributed by atoms with E-state index in [4.69, 9.17) is 4.74 Å². The Morgan fingerprint density at radius 2 is 1.92 bits per heavy atom. The third-order valence-corrected chi connectivity index (χ3v) is 6.47. The van der Waals surface area contributed by atoms with Crippen LogP contribution in [0.3, 0.4) is 0 Å². The van der Waals surface area contributed by atoms with E-state index in [-0.39, 0.29) is 24.0 Å². The fourth-order valence-electron chi connectivity index (χ4n) is 5.00. The fourth-order valence-corrected chi connectivity index (χ4v) is 5.00. The molecule has 1 N–H and O–H groups in total. The van der Waals surface area contributed by atoms with Crippen LogP contribution in [0.1, 0.15) is 51.4 Å². The summed E-state index contributed by atoms with van der Waals surface area (Å²) in [6, 6.07) is 0. The molecule has 24 heavy (non-hydrogen) atoms. The van der Waals surface area contributed by atoms with Gasteiger partial charge in [-0.25, -0.2) is 0 Å². The second kappa shape index (κ2) is 10.2. The highest BCUT2D eigenvalue weighted by Gasteiger charge is 2.38. The summed E-state index contributed by atoms with van der Waals surface area (Å²) in [6.07, 6.45) is 11.0. The van der Waals surface area contributed by atoms with Gasteiger partial charge in [0.05, 0.1) is 0 Å². The van der Waals surface area contributed by atoms with Crippen LogP contribution in [0.25, 0.3) is 0 Å². The van der Waals surface area contributed by atoms with E-state index < -0.39 is 0 Å². The number of hydrogen-bond donors (Lipinski definition) is 1. The van der Waals surface area contributed by atoms with Crippen LogP contribution in [0, 0.1) is 23.7 Å². The Hall–Kier alpha value is -0.0400. The van der Waals surface area contributed by atoms with Gasteiger partial charge in [0.25, 0.3) is 0 Å². The monoisotopic (exact) mass is 449 g/mol. The van der Waals surface area contributed by atoms with E-state index in [2.05, 4.69) is 22.3 Å². The average molecular weight is 449 g/mol. The molecule has 3 rings (SSSR count). The molecule has 0 spiro atoms. The molecule has 140 valence electrons. The molecule has 3 fully saturated rings. The number of rotatable bonds is 6. The van der Waals surface area contributed by atoms with Crippen molar-refractivity contribution in [2.75, 3.05) is 40.4 Å². The molecule has 0 amide bonds. The number of nitrogens with one attached hydrogen (secondary N) is 1. The molecule has 3 atom stereocenters. The quantitative estimate of drug-likeness (QED) is 0.381. The van der Waals surface area contributed by atoms with Crippen LogP contribution >= 0.6 is 24.0 Å². The molecule has 2 bridgehead atoms. The smallest absolute Gasteiger partial charge is 0.193 e. The molecule has 1 saturated heterocycles. The number of nitrogens with zero attached hydrogens (tertiary/aromatic N) is 2. The lowest BCUT2D eigenvalue weighted by Gasteiger charge is -2.27. The topological polar surface area (TPSA) is 36.9 Å². The molecule has 0 aromatic carbocycles. The van der Waals surface area contributed by atoms with Crippen molar-refractivity contribution < 1.29 is 4.74 Å². The lowest BCUT2D eigenvalue weighted by atomic mass is 9.86. The van der Waals surface area contributed by atoms with Gasteiger partial charge in [0.2, 0.25) is 0 Å². The zero-order valence-corrected chi connectivity index (χ0v) is 17.8. The number of ether oxygens (including phenoxy) is 1. The van der Waals surface area contributed by atoms with Crippen molar-refractivity contribution >= 4 is 29.9 Å². The molecular weight excluding hydrogens is 413 g/mol. The Balaban J connectivity index is 0.00000208. The first kappa shape index (κ1) is 20.3. The molecule has 2 saturated carbocycles. The summed E-state index contributed by atoms with van der Waals surface area (Å²) in [6.45, 7) is 4.08. The highest BCUT2D eigenvalue weighted by Crippen LogP contribution is 2.49. The first-order chi connectivity index (χ1) is 11.3. The number of fused-ring (bicyclic) bond motifs is 2. The number of hydrogen-bond acceptors (Lipinski definition) is 2. The van der Waals surface area contributed by atoms with Crippen molar-refractivity contribution in [2.24, 2.45) is 28.7 Å². The highest BCUT2D eigenvalue weighted by atomic mass is 127. The van der Waals surface area contributed by atoms with Gasteiger partial charge in [-0.3, -0.25) is 4.99 Å². The van der Waals surface area contributed by atoms with Gasteiger partial charge in [-0.15, -0.1) is 24.0 Å². The average Bonchev–Trinajstić information content (AvgIpc) is 3.20. The lowest BCUT2D eigenvalue weighted by molar-refractivity contribution is 0.0625. The van der Waals surface area contributed by atoms with E-state index in [1.165, 1.54) is 51.4 Å². The minimum Gasteiger partial charge on any atom is -0.381 e. The van der Waals surface area contributed by atoms with Crippen molar-refractivity contribution in [1.82, 2.24) is 10.2 Å². The maximum atomic E-state index is 5.45. The van der Waals surface area contributed by atoms with Crippen molar-refractivity contribution in [3.63, 3.8) is 0 Å². The van der Waals surface area contributed by atoms with E-state index in [0.717, 1.165) is 55.9 Å². The molecule has 0 aromatic rings. The third kappa shape index (κ3) is 5.48. The maximum Gasteiger partial charge on any atom is 0.193 e. The lowest BCUT2D eigenvalue weighted by Crippen LogP contribution is -2.41. The van der Waals surface area contributed by atoms with Crippen molar-refractivity contribution in [3.8, 4) is 0 Å². The van der Waals surface area contributed by atoms with Gasteiger partial charge >= 0.3 is 0 Å². The van der Waals surface area contributed by atoms with Crippen LogP contribution in [-0.2, 0) is 4.74 Å². The first-order valence-electron chi connectivity index (χ1n) is 9.75. The summed E-state index contributed by atoms with van der Waals surface area (Å²) >= 11 is 0. The molecule has 3 unspecified atom stereocenters. The summed E-state index contributed by atoms with van der Waals surface area (Å²) < 4.78 is 5.45. The second-order valence-electron chi connectivity index (χ2n) is 7.96. The summed E-state index contributed by atoms with van der Waals surface area (Å²) in [5, 5.41) is 3.59. The van der Waals surface area contributed by atoms with Crippen LogP contribution in [-0.4, -0.2) is 51.3 Å². The molecule has 0 radical (unpaired) electrons. The third-order valence-electron chi connectivity index (χ3n) is 6.47. The molecule has 4 nitrogen and oxygen atoms in total. The second-order valence-corrected chi connectivity index (χ2v) is 7.96. The van der Waals surface area contributed by atoms with E-state index in [0.29, 0.717) is 0 Å². The van der Waals surface area contributed by atoms with Crippen LogP contribution in [0.5, 0.6) is 0 Å². The Kier molecular flexibility index (Phi) is 8.61. The van der Waals surface area contributed by atoms with Crippen molar-refractivity contribution in [2.45, 2.75) is 51.4 Å². The maximum absolute atomic E-state index is 5.45. The molecule has 3 aliphatic rings. The minimum absolute atomic E-state index is 0. The predicted octanol–water partition coefficient (Wildman–Crippen LogP) is 3.75. The summed E-state index contributed by atoms with van der Waals surface area (Å²) in [4.78, 5) is 6.77. The van der Waals surface area contributed by atoms with Crippen LogP contribution < -0.4 is 5.32 Å². The molecular formula is C19H36IN3O. The van der Waals surface area contributed by atoms with E-state index in [1.54, 1.807) is 0 Å². The van der Waals surface area contributed by atoms with Gasteiger partial charge in [-0.1, -0.05) is 6.42 Å². The normalized spacial score (nSPS) is 30.2. The predicted molar refractivity (Wildman–Crippen MR) is 111 cm³/mol. The van der Waals surface area contributed by atoms with Crippen LogP contribution in [0.15, 0.2) is 4.99 Å². The molecule has 2 aliphatic carbocycles. The van der Waals surface area contributed by atoms with Gasteiger partial charge in [-0.05, 0) is 68.6 Å². The zero-order chi connectivity index (χ0) is 16.1. The molecule has 1 aliphatic heterocycles. The van der Waals surface area contributed by atoms with Crippen molar-refractivity contribution in [3.05, 3.63) is 0 Å². The fraction of sp³-hybridized carbons (Fsp3) is 0.947.